The first kappa shape index (κ1) is 33.3. The molecule has 1 aliphatic heterocycles. The fourth-order valence-electron chi connectivity index (χ4n) is 5.81. The summed E-state index contributed by atoms with van der Waals surface area (Å²) in [7, 11) is 1.83. The maximum absolute atomic E-state index is 13.3. The van der Waals surface area contributed by atoms with Crippen LogP contribution in [0.2, 0.25) is 5.02 Å². The van der Waals surface area contributed by atoms with Crippen molar-refractivity contribution in [2.75, 3.05) is 39.8 Å². The van der Waals surface area contributed by atoms with Crippen molar-refractivity contribution in [2.45, 2.75) is 58.2 Å². The molecule has 1 aromatic heterocycles. The molecule has 2 fully saturated rings. The number of nitrogens with zero attached hydrogens (tertiary/aromatic N) is 4. The van der Waals surface area contributed by atoms with Crippen molar-refractivity contribution < 1.29 is 19.1 Å². The van der Waals surface area contributed by atoms with Gasteiger partial charge >= 0.3 is 12.2 Å². The van der Waals surface area contributed by atoms with Crippen LogP contribution in [0.25, 0.3) is 11.6 Å². The number of carbonyl (C=O) groups is 2. The molecule has 5 rings (SSSR count). The van der Waals surface area contributed by atoms with Gasteiger partial charge in [0.2, 0.25) is 0 Å². The number of carbonyl (C=O) groups excluding carboxylic acids is 2. The molecule has 1 saturated carbocycles. The SMILES string of the molecule is C=CN(C)/C(=C\N)[C@H](NC(=O)OC1(C)CC1)C1=Cc2cccnc2[C@@H](N2CCN(C(=O)OCC(C)(C)C)CC2)c2ccc(Cl)cc21. The minimum Gasteiger partial charge on any atom is -0.449 e. The van der Waals surface area contributed by atoms with Gasteiger partial charge in [0.15, 0.2) is 0 Å². The molecule has 1 aromatic carbocycles. The van der Waals surface area contributed by atoms with E-state index in [0.29, 0.717) is 43.5 Å². The van der Waals surface area contributed by atoms with E-state index < -0.39 is 17.7 Å². The molecule has 2 heterocycles. The lowest BCUT2D eigenvalue weighted by Gasteiger charge is -2.39. The highest BCUT2D eigenvalue weighted by Gasteiger charge is 2.43. The Bertz CT molecular complexity index is 1540. The van der Waals surface area contributed by atoms with Gasteiger partial charge in [0.05, 0.1) is 30.1 Å². The molecule has 3 aliphatic rings. The number of fused-ring (bicyclic) bond motifs is 2. The van der Waals surface area contributed by atoms with Gasteiger partial charge in [0.25, 0.3) is 0 Å². The summed E-state index contributed by atoms with van der Waals surface area (Å²) in [5.41, 5.74) is 10.6. The number of likely N-dealkylation sites (N-methyl/N-ethyl adjacent to an activating group) is 1. The second kappa shape index (κ2) is 13.4. The first-order chi connectivity index (χ1) is 21.8. The lowest BCUT2D eigenvalue weighted by atomic mass is 9.89. The van der Waals surface area contributed by atoms with Crippen LogP contribution in [0, 0.1) is 5.41 Å². The van der Waals surface area contributed by atoms with Gasteiger partial charge in [0.1, 0.15) is 5.60 Å². The molecule has 46 heavy (non-hydrogen) atoms. The Labute approximate surface area is 276 Å². The quantitative estimate of drug-likeness (QED) is 0.358. The summed E-state index contributed by atoms with van der Waals surface area (Å²) in [6.07, 6.45) is 7.76. The highest BCUT2D eigenvalue weighted by atomic mass is 35.5. The summed E-state index contributed by atoms with van der Waals surface area (Å²) in [6, 6.07) is 8.79. The summed E-state index contributed by atoms with van der Waals surface area (Å²) in [6.45, 7) is 14.6. The maximum Gasteiger partial charge on any atom is 0.409 e. The zero-order chi connectivity index (χ0) is 33.2. The van der Waals surface area contributed by atoms with Crippen molar-refractivity contribution in [1.29, 1.82) is 0 Å². The van der Waals surface area contributed by atoms with Crippen LogP contribution in [0.4, 0.5) is 9.59 Å². The molecule has 1 saturated heterocycles. The highest BCUT2D eigenvalue weighted by molar-refractivity contribution is 6.30. The number of nitrogens with one attached hydrogen (secondary N) is 1. The molecule has 11 heteroatoms. The molecule has 0 bridgehead atoms. The largest absolute Gasteiger partial charge is 0.449 e. The first-order valence-electron chi connectivity index (χ1n) is 15.7. The normalized spacial score (nSPS) is 19.9. The molecule has 2 aliphatic carbocycles. The van der Waals surface area contributed by atoms with Gasteiger partial charge in [0, 0.05) is 50.6 Å². The van der Waals surface area contributed by atoms with Crippen LogP contribution in [0.5, 0.6) is 0 Å². The molecular weight excluding hydrogens is 604 g/mol. The standard InChI is InChI=1S/C35H45ClN6O4/c1-7-40(6)28(21-37)30(39-32(43)46-35(5)12-13-35)27-19-23-9-8-14-38-29(23)31(25-11-10-24(36)20-26(25)27)41-15-17-42(18-16-41)33(44)45-22-34(2,3)4/h7-11,14,19-21,30-31H,1,12-13,15-18,22,37H2,2-6H3,(H,39,43)/b28-21-/t30-,31+/m1/s1. The third kappa shape index (κ3) is 7.50. The van der Waals surface area contributed by atoms with E-state index in [1.807, 2.05) is 71.2 Å². The Balaban J connectivity index is 1.54. The Morgan fingerprint density at radius 1 is 1.24 bits per heavy atom. The maximum atomic E-state index is 13.3. The average molecular weight is 649 g/mol. The molecule has 2 amide bonds. The van der Waals surface area contributed by atoms with E-state index in [1.54, 1.807) is 22.2 Å². The van der Waals surface area contributed by atoms with Crippen molar-refractivity contribution in [1.82, 2.24) is 25.0 Å². The number of pyridine rings is 1. The molecule has 2 atom stereocenters. The Morgan fingerprint density at radius 2 is 1.96 bits per heavy atom. The van der Waals surface area contributed by atoms with Gasteiger partial charge in [-0.25, -0.2) is 9.59 Å². The molecule has 0 unspecified atom stereocenters. The number of ether oxygens (including phenoxy) is 2. The lowest BCUT2D eigenvalue weighted by molar-refractivity contribution is 0.0494. The number of piperazine rings is 1. The minimum absolute atomic E-state index is 0.109. The van der Waals surface area contributed by atoms with Crippen molar-refractivity contribution in [3.05, 3.63) is 88.6 Å². The summed E-state index contributed by atoms with van der Waals surface area (Å²) in [5, 5.41) is 3.65. The second-order valence-electron chi connectivity index (χ2n) is 13.7. The van der Waals surface area contributed by atoms with Crippen molar-refractivity contribution in [2.24, 2.45) is 11.1 Å². The lowest BCUT2D eigenvalue weighted by Crippen LogP contribution is -2.50. The second-order valence-corrected chi connectivity index (χ2v) is 14.1. The van der Waals surface area contributed by atoms with Crippen LogP contribution in [-0.4, -0.2) is 83.3 Å². The van der Waals surface area contributed by atoms with Crippen LogP contribution < -0.4 is 11.1 Å². The molecule has 3 N–H and O–H groups in total. The van der Waals surface area contributed by atoms with Crippen molar-refractivity contribution in [3.63, 3.8) is 0 Å². The topological polar surface area (TPSA) is 113 Å². The van der Waals surface area contributed by atoms with Crippen LogP contribution in [-0.2, 0) is 9.47 Å². The third-order valence-electron chi connectivity index (χ3n) is 8.64. The number of benzene rings is 1. The fourth-order valence-corrected chi connectivity index (χ4v) is 5.99. The van der Waals surface area contributed by atoms with Crippen molar-refractivity contribution >= 4 is 35.4 Å². The number of amides is 2. The fraction of sp³-hybridized carbons (Fsp3) is 0.457. The monoisotopic (exact) mass is 648 g/mol. The number of aromatic nitrogens is 1. The summed E-state index contributed by atoms with van der Waals surface area (Å²) in [4.78, 5) is 37.0. The summed E-state index contributed by atoms with van der Waals surface area (Å²) in [5.74, 6) is 0. The number of alkyl carbamates (subject to hydrolysis) is 1. The third-order valence-corrected chi connectivity index (χ3v) is 8.88. The average Bonchev–Trinajstić information content (AvgIpc) is 3.77. The van der Waals surface area contributed by atoms with Gasteiger partial charge < -0.3 is 30.3 Å². The van der Waals surface area contributed by atoms with Gasteiger partial charge in [-0.2, -0.15) is 0 Å². The molecule has 2 aromatic rings. The minimum atomic E-state index is -0.707. The van der Waals surface area contributed by atoms with E-state index in [0.717, 1.165) is 40.8 Å². The number of hydrogen-bond donors (Lipinski definition) is 2. The molecule has 0 spiro atoms. The number of hydrogen-bond acceptors (Lipinski definition) is 8. The van der Waals surface area contributed by atoms with Crippen LogP contribution >= 0.6 is 11.6 Å². The summed E-state index contributed by atoms with van der Waals surface area (Å²) >= 11 is 6.67. The van der Waals surface area contributed by atoms with Crippen LogP contribution in [0.3, 0.4) is 0 Å². The van der Waals surface area contributed by atoms with E-state index in [9.17, 15) is 9.59 Å². The number of halogens is 1. The Morgan fingerprint density at radius 3 is 2.59 bits per heavy atom. The highest BCUT2D eigenvalue weighted by Crippen LogP contribution is 2.43. The van der Waals surface area contributed by atoms with Gasteiger partial charge in [-0.1, -0.05) is 51.1 Å². The number of rotatable bonds is 8. The van der Waals surface area contributed by atoms with E-state index >= 15 is 0 Å². The number of nitrogens with two attached hydrogens (primary N) is 1. The zero-order valence-electron chi connectivity index (χ0n) is 27.4. The van der Waals surface area contributed by atoms with E-state index in [1.165, 1.54) is 6.20 Å². The molecule has 10 nitrogen and oxygen atoms in total. The molecule has 0 radical (unpaired) electrons. The Hall–Kier alpha value is -4.02. The van der Waals surface area contributed by atoms with Gasteiger partial charge in [-0.05, 0) is 77.9 Å². The Kier molecular flexibility index (Phi) is 9.70. The predicted molar refractivity (Wildman–Crippen MR) is 181 cm³/mol. The van der Waals surface area contributed by atoms with Crippen LogP contribution in [0.15, 0.2) is 61.2 Å². The van der Waals surface area contributed by atoms with E-state index in [-0.39, 0.29) is 17.6 Å². The smallest absolute Gasteiger partial charge is 0.409 e. The van der Waals surface area contributed by atoms with E-state index in [2.05, 4.69) is 16.8 Å². The summed E-state index contributed by atoms with van der Waals surface area (Å²) < 4.78 is 11.4. The zero-order valence-corrected chi connectivity index (χ0v) is 28.1. The van der Waals surface area contributed by atoms with Gasteiger partial charge in [-0.15, -0.1) is 0 Å². The van der Waals surface area contributed by atoms with Gasteiger partial charge in [-0.3, -0.25) is 9.88 Å². The first-order valence-corrected chi connectivity index (χ1v) is 16.1. The van der Waals surface area contributed by atoms with Crippen molar-refractivity contribution in [3.8, 4) is 0 Å². The van der Waals surface area contributed by atoms with E-state index in [4.69, 9.17) is 31.8 Å². The van der Waals surface area contributed by atoms with Crippen LogP contribution in [0.1, 0.15) is 69.0 Å². The predicted octanol–water partition coefficient (Wildman–Crippen LogP) is 6.00. The molecular formula is C35H45ClN6O4. The molecule has 246 valence electrons.